The molecule has 0 atom stereocenters. The summed E-state index contributed by atoms with van der Waals surface area (Å²) in [6, 6.07) is 24.7. The highest BCUT2D eigenvalue weighted by Crippen LogP contribution is 2.28. The molecule has 27 heavy (non-hydrogen) atoms. The highest BCUT2D eigenvalue weighted by atomic mass is 35.5. The van der Waals surface area contributed by atoms with Gasteiger partial charge in [-0.05, 0) is 30.3 Å². The van der Waals surface area contributed by atoms with E-state index in [0.717, 1.165) is 16.5 Å². The molecule has 0 bridgehead atoms. The minimum Gasteiger partial charge on any atom is -0.356 e. The first-order valence-corrected chi connectivity index (χ1v) is 9.07. The van der Waals surface area contributed by atoms with Gasteiger partial charge in [0.05, 0.1) is 15.6 Å². The number of fused-ring (bicyclic) bond motifs is 1. The van der Waals surface area contributed by atoms with Crippen LogP contribution in [0.4, 0.5) is 0 Å². The van der Waals surface area contributed by atoms with Crippen molar-refractivity contribution in [2.75, 3.05) is 0 Å². The maximum atomic E-state index is 6.45. The van der Waals surface area contributed by atoms with Gasteiger partial charge in [0.2, 0.25) is 0 Å². The number of pyridine rings is 1. The first-order valence-electron chi connectivity index (χ1n) is 8.32. The zero-order valence-electron chi connectivity index (χ0n) is 14.1. The van der Waals surface area contributed by atoms with Crippen molar-refractivity contribution in [1.29, 1.82) is 0 Å². The largest absolute Gasteiger partial charge is 0.356 e. The Bertz CT molecular complexity index is 1130. The zero-order valence-corrected chi connectivity index (χ0v) is 15.7. The summed E-state index contributed by atoms with van der Waals surface area (Å²) in [5, 5.41) is 6.25. The van der Waals surface area contributed by atoms with E-state index >= 15 is 0 Å². The second kappa shape index (κ2) is 7.78. The summed E-state index contributed by atoms with van der Waals surface area (Å²) in [5.41, 5.74) is 2.93. The molecule has 3 aromatic carbocycles. The summed E-state index contributed by atoms with van der Waals surface area (Å²) in [6.07, 6.45) is 1.76. The number of benzene rings is 3. The number of nitrogens with zero attached hydrogens (tertiary/aromatic N) is 2. The molecule has 132 valence electrons. The minimum atomic E-state index is 0.419. The molecular weight excluding hydrogens is 379 g/mol. The van der Waals surface area contributed by atoms with E-state index in [0.29, 0.717) is 27.1 Å². The van der Waals surface area contributed by atoms with Gasteiger partial charge in [-0.15, -0.1) is 0 Å². The molecule has 0 fully saturated rings. The fourth-order valence-corrected chi connectivity index (χ4v) is 3.11. The molecule has 1 heterocycles. The van der Waals surface area contributed by atoms with Crippen molar-refractivity contribution in [3.05, 3.63) is 106 Å². The SMILES string of the molecule is Clc1cccc(C(=NOc2ccccc2)c2cnc3ccccc3c2)c1Cl. The average Bonchev–Trinajstić information content (AvgIpc) is 2.72. The number of oxime groups is 1. The predicted octanol–water partition coefficient (Wildman–Crippen LogP) is 6.37. The number of rotatable bonds is 4. The quantitative estimate of drug-likeness (QED) is 0.298. The Labute approximate surface area is 166 Å². The molecule has 4 rings (SSSR count). The van der Waals surface area contributed by atoms with Crippen LogP contribution in [0.5, 0.6) is 5.75 Å². The molecule has 0 spiro atoms. The van der Waals surface area contributed by atoms with Gasteiger partial charge in [-0.3, -0.25) is 4.98 Å². The van der Waals surface area contributed by atoms with E-state index in [1.807, 2.05) is 72.8 Å². The van der Waals surface area contributed by atoms with Crippen molar-refractivity contribution >= 4 is 39.8 Å². The van der Waals surface area contributed by atoms with Crippen molar-refractivity contribution in [3.63, 3.8) is 0 Å². The molecule has 0 saturated carbocycles. The third-order valence-corrected chi connectivity index (χ3v) is 4.88. The first-order chi connectivity index (χ1) is 13.2. The van der Waals surface area contributed by atoms with Crippen LogP contribution in [0, 0.1) is 0 Å². The molecule has 0 aliphatic heterocycles. The molecule has 0 aliphatic rings. The molecule has 0 radical (unpaired) electrons. The Morgan fingerprint density at radius 1 is 0.852 bits per heavy atom. The zero-order chi connectivity index (χ0) is 18.6. The van der Waals surface area contributed by atoms with E-state index in [1.54, 1.807) is 12.3 Å². The number of para-hydroxylation sites is 2. The summed E-state index contributed by atoms with van der Waals surface area (Å²) in [5.74, 6) is 0.627. The Morgan fingerprint density at radius 3 is 2.48 bits per heavy atom. The van der Waals surface area contributed by atoms with Crippen LogP contribution in [0.15, 0.2) is 90.2 Å². The summed E-state index contributed by atoms with van der Waals surface area (Å²) < 4.78 is 0. The maximum Gasteiger partial charge on any atom is 0.157 e. The van der Waals surface area contributed by atoms with Gasteiger partial charge in [-0.1, -0.05) is 76.9 Å². The number of halogens is 2. The molecule has 0 saturated heterocycles. The Kier molecular flexibility index (Phi) is 5.05. The lowest BCUT2D eigenvalue weighted by atomic mass is 10.0. The fourth-order valence-electron chi connectivity index (χ4n) is 2.72. The highest BCUT2D eigenvalue weighted by Gasteiger charge is 2.15. The van der Waals surface area contributed by atoms with E-state index in [4.69, 9.17) is 28.0 Å². The second-order valence-electron chi connectivity index (χ2n) is 5.86. The van der Waals surface area contributed by atoms with E-state index < -0.39 is 0 Å². The summed E-state index contributed by atoms with van der Waals surface area (Å²) in [4.78, 5) is 10.2. The minimum absolute atomic E-state index is 0.419. The second-order valence-corrected chi connectivity index (χ2v) is 6.65. The van der Waals surface area contributed by atoms with Gasteiger partial charge in [-0.25, -0.2) is 0 Å². The van der Waals surface area contributed by atoms with E-state index in [2.05, 4.69) is 10.1 Å². The van der Waals surface area contributed by atoms with Gasteiger partial charge in [0, 0.05) is 22.7 Å². The summed E-state index contributed by atoms with van der Waals surface area (Å²) >= 11 is 12.7. The molecule has 0 unspecified atom stereocenters. The summed E-state index contributed by atoms with van der Waals surface area (Å²) in [6.45, 7) is 0. The monoisotopic (exact) mass is 392 g/mol. The van der Waals surface area contributed by atoms with Gasteiger partial charge in [0.25, 0.3) is 0 Å². The first kappa shape index (κ1) is 17.5. The van der Waals surface area contributed by atoms with Crippen molar-refractivity contribution in [2.45, 2.75) is 0 Å². The van der Waals surface area contributed by atoms with Crippen molar-refractivity contribution in [2.24, 2.45) is 5.16 Å². The summed E-state index contributed by atoms with van der Waals surface area (Å²) in [7, 11) is 0. The van der Waals surface area contributed by atoms with Crippen molar-refractivity contribution < 1.29 is 4.84 Å². The standard InChI is InChI=1S/C22H14Cl2N2O/c23-19-11-6-10-18(21(19)24)22(26-27-17-8-2-1-3-9-17)16-13-15-7-4-5-12-20(15)25-14-16/h1-14H. The number of hydrogen-bond donors (Lipinski definition) is 0. The predicted molar refractivity (Wildman–Crippen MR) is 111 cm³/mol. The molecule has 5 heteroatoms. The smallest absolute Gasteiger partial charge is 0.157 e. The lowest BCUT2D eigenvalue weighted by Gasteiger charge is -2.10. The van der Waals surface area contributed by atoms with Crippen LogP contribution in [-0.4, -0.2) is 10.7 Å². The lowest BCUT2D eigenvalue weighted by molar-refractivity contribution is 0.342. The van der Waals surface area contributed by atoms with Gasteiger partial charge >= 0.3 is 0 Å². The fraction of sp³-hybridized carbons (Fsp3) is 0. The van der Waals surface area contributed by atoms with E-state index in [9.17, 15) is 0 Å². The molecule has 3 nitrogen and oxygen atoms in total. The Balaban J connectivity index is 1.85. The van der Waals surface area contributed by atoms with Crippen LogP contribution < -0.4 is 4.84 Å². The van der Waals surface area contributed by atoms with Crippen LogP contribution in [0.3, 0.4) is 0 Å². The van der Waals surface area contributed by atoms with Crippen LogP contribution in [-0.2, 0) is 0 Å². The van der Waals surface area contributed by atoms with Gasteiger partial charge in [0.15, 0.2) is 5.75 Å². The van der Waals surface area contributed by atoms with Gasteiger partial charge in [-0.2, -0.15) is 0 Å². The topological polar surface area (TPSA) is 34.5 Å². The van der Waals surface area contributed by atoms with Gasteiger partial charge < -0.3 is 4.84 Å². The average molecular weight is 393 g/mol. The van der Waals surface area contributed by atoms with Crippen LogP contribution in [0.1, 0.15) is 11.1 Å². The lowest BCUT2D eigenvalue weighted by Crippen LogP contribution is -2.07. The van der Waals surface area contributed by atoms with E-state index in [1.165, 1.54) is 0 Å². The van der Waals surface area contributed by atoms with Crippen molar-refractivity contribution in [1.82, 2.24) is 4.98 Å². The van der Waals surface area contributed by atoms with Crippen LogP contribution in [0.2, 0.25) is 10.0 Å². The molecule has 0 amide bonds. The molecule has 0 N–H and O–H groups in total. The Hall–Kier alpha value is -2.88. The van der Waals surface area contributed by atoms with Crippen molar-refractivity contribution in [3.8, 4) is 5.75 Å². The third-order valence-electron chi connectivity index (χ3n) is 4.06. The van der Waals surface area contributed by atoms with Crippen LogP contribution in [0.25, 0.3) is 10.9 Å². The molecule has 4 aromatic rings. The number of hydrogen-bond acceptors (Lipinski definition) is 3. The normalized spacial score (nSPS) is 11.6. The van der Waals surface area contributed by atoms with Gasteiger partial charge in [0.1, 0.15) is 5.71 Å². The Morgan fingerprint density at radius 2 is 1.63 bits per heavy atom. The van der Waals surface area contributed by atoms with Crippen LogP contribution >= 0.6 is 23.2 Å². The maximum absolute atomic E-state index is 6.45. The molecule has 1 aromatic heterocycles. The van der Waals surface area contributed by atoms with E-state index in [-0.39, 0.29) is 0 Å². The molecule has 0 aliphatic carbocycles. The third kappa shape index (κ3) is 3.80. The number of aromatic nitrogens is 1. The molecular formula is C22H14Cl2N2O. The highest BCUT2D eigenvalue weighted by molar-refractivity contribution is 6.44.